The molecule has 0 saturated carbocycles. The zero-order valence-electron chi connectivity index (χ0n) is 21.5. The van der Waals surface area contributed by atoms with E-state index in [0.717, 1.165) is 11.1 Å². The van der Waals surface area contributed by atoms with Crippen molar-refractivity contribution >= 4 is 23.4 Å². The molecule has 0 radical (unpaired) electrons. The second-order valence-corrected chi connectivity index (χ2v) is 9.39. The summed E-state index contributed by atoms with van der Waals surface area (Å²) >= 11 is 1.28. The highest BCUT2D eigenvalue weighted by Gasteiger charge is 2.44. The SMILES string of the molecule is CCOc1cc(C2N(C(=O)CC)c3ccccc3-c3c([O-])nc(SC)n[n+]32)ccc1OCc1ccccc1. The van der Waals surface area contributed by atoms with E-state index in [1.165, 1.54) is 11.8 Å². The summed E-state index contributed by atoms with van der Waals surface area (Å²) in [5.41, 5.74) is 3.37. The lowest BCUT2D eigenvalue weighted by atomic mass is 10.0. The maximum absolute atomic E-state index is 13.4. The molecule has 1 aliphatic rings. The molecule has 0 aliphatic carbocycles. The second kappa shape index (κ2) is 11.1. The van der Waals surface area contributed by atoms with Crippen molar-refractivity contribution in [3.8, 4) is 28.6 Å². The molecule has 0 bridgehead atoms. The smallest absolute Gasteiger partial charge is 0.293 e. The van der Waals surface area contributed by atoms with Crippen LogP contribution in [0.1, 0.15) is 37.6 Å². The quantitative estimate of drug-likeness (QED) is 0.246. The summed E-state index contributed by atoms with van der Waals surface area (Å²) in [7, 11) is 0. The van der Waals surface area contributed by atoms with Crippen LogP contribution in [0.2, 0.25) is 0 Å². The first-order valence-electron chi connectivity index (χ1n) is 12.5. The average molecular weight is 529 g/mol. The van der Waals surface area contributed by atoms with Crippen LogP contribution in [-0.4, -0.2) is 28.9 Å². The molecule has 0 spiro atoms. The fourth-order valence-electron chi connectivity index (χ4n) is 4.57. The van der Waals surface area contributed by atoms with Crippen LogP contribution in [0, 0.1) is 0 Å². The Morgan fingerprint density at radius 3 is 2.53 bits per heavy atom. The molecule has 0 N–H and O–H groups in total. The first kappa shape index (κ1) is 25.5. The minimum Gasteiger partial charge on any atom is -0.854 e. The number of ether oxygens (including phenoxy) is 2. The fourth-order valence-corrected chi connectivity index (χ4v) is 4.91. The predicted octanol–water partition coefficient (Wildman–Crippen LogP) is 4.51. The van der Waals surface area contributed by atoms with Gasteiger partial charge in [0.1, 0.15) is 6.61 Å². The first-order valence-corrected chi connectivity index (χ1v) is 13.7. The molecular formula is C29H28N4O4S. The van der Waals surface area contributed by atoms with E-state index in [-0.39, 0.29) is 12.3 Å². The highest BCUT2D eigenvalue weighted by atomic mass is 32.2. The Bertz CT molecular complexity index is 1460. The molecule has 3 aromatic carbocycles. The van der Waals surface area contributed by atoms with Gasteiger partial charge >= 0.3 is 0 Å². The Labute approximate surface area is 225 Å². The van der Waals surface area contributed by atoms with Gasteiger partial charge in [-0.25, -0.2) is 9.88 Å². The topological polar surface area (TPSA) is 91.5 Å². The van der Waals surface area contributed by atoms with Crippen molar-refractivity contribution in [2.45, 2.75) is 38.2 Å². The van der Waals surface area contributed by atoms with Gasteiger partial charge in [-0.2, -0.15) is 0 Å². The van der Waals surface area contributed by atoms with E-state index in [1.807, 2.05) is 92.9 Å². The van der Waals surface area contributed by atoms with Gasteiger partial charge < -0.3 is 14.6 Å². The van der Waals surface area contributed by atoms with Crippen molar-refractivity contribution in [1.29, 1.82) is 0 Å². The molecule has 2 heterocycles. The number of thioether (sulfide) groups is 1. The van der Waals surface area contributed by atoms with Crippen LogP contribution in [0.4, 0.5) is 5.69 Å². The summed E-state index contributed by atoms with van der Waals surface area (Å²) in [4.78, 5) is 19.3. The van der Waals surface area contributed by atoms with Crippen LogP contribution in [0.15, 0.2) is 78.0 Å². The number of fused-ring (bicyclic) bond motifs is 3. The van der Waals surface area contributed by atoms with Gasteiger partial charge in [0.2, 0.25) is 5.91 Å². The van der Waals surface area contributed by atoms with Crippen molar-refractivity contribution in [2.24, 2.45) is 0 Å². The van der Waals surface area contributed by atoms with Crippen molar-refractivity contribution in [3.05, 3.63) is 83.9 Å². The van der Waals surface area contributed by atoms with Gasteiger partial charge in [0.15, 0.2) is 11.5 Å². The van der Waals surface area contributed by atoms with Crippen LogP contribution >= 0.6 is 11.8 Å². The van der Waals surface area contributed by atoms with Crippen LogP contribution in [0.5, 0.6) is 17.4 Å². The van der Waals surface area contributed by atoms with Gasteiger partial charge in [-0.1, -0.05) is 65.8 Å². The van der Waals surface area contributed by atoms with Crippen molar-refractivity contribution in [1.82, 2.24) is 10.1 Å². The Balaban J connectivity index is 1.65. The maximum atomic E-state index is 13.4. The second-order valence-electron chi connectivity index (χ2n) is 8.62. The highest BCUT2D eigenvalue weighted by molar-refractivity contribution is 7.98. The number of aromatic nitrogens is 3. The van der Waals surface area contributed by atoms with Crippen molar-refractivity contribution < 1.29 is 24.1 Å². The number of hydrogen-bond donors (Lipinski definition) is 0. The van der Waals surface area contributed by atoms with Crippen LogP contribution in [-0.2, 0) is 11.4 Å². The van der Waals surface area contributed by atoms with Crippen LogP contribution in [0.25, 0.3) is 11.3 Å². The number of anilines is 1. The largest absolute Gasteiger partial charge is 0.854 e. The Hall–Kier alpha value is -4.11. The van der Waals surface area contributed by atoms with E-state index in [1.54, 1.807) is 9.58 Å². The normalized spacial score (nSPS) is 14.0. The summed E-state index contributed by atoms with van der Waals surface area (Å²) < 4.78 is 13.7. The number of hydrogen-bond acceptors (Lipinski definition) is 7. The Kier molecular flexibility index (Phi) is 7.46. The minimum atomic E-state index is -0.712. The molecule has 194 valence electrons. The zero-order chi connectivity index (χ0) is 26.6. The molecule has 4 aromatic rings. The standard InChI is InChI=1S/C29H28N4O4S/c1-4-25(34)32-22-14-10-9-13-21(22)26-27(35)30-29(38-3)31-33(26)28(32)20-15-16-23(24(17-20)36-5-2)37-18-19-11-7-6-8-12-19/h6-17,28H,4-5,18H2,1-3H3. The number of carbonyl (C=O) groups is 1. The summed E-state index contributed by atoms with van der Waals surface area (Å²) in [6.45, 7) is 4.55. The van der Waals surface area contributed by atoms with Gasteiger partial charge in [-0.05, 0) is 49.1 Å². The highest BCUT2D eigenvalue weighted by Crippen LogP contribution is 2.42. The number of para-hydroxylation sites is 1. The fraction of sp³-hybridized carbons (Fsp3) is 0.241. The molecule has 1 unspecified atom stereocenters. The van der Waals surface area contributed by atoms with E-state index in [2.05, 4.69) is 4.98 Å². The van der Waals surface area contributed by atoms with Gasteiger partial charge in [0, 0.05) is 17.1 Å². The number of nitrogens with zero attached hydrogens (tertiary/aromatic N) is 4. The Morgan fingerprint density at radius 1 is 1.03 bits per heavy atom. The number of carbonyl (C=O) groups excluding carboxylic acids is 1. The maximum Gasteiger partial charge on any atom is 0.293 e. The zero-order valence-corrected chi connectivity index (χ0v) is 22.3. The average Bonchev–Trinajstić information content (AvgIpc) is 2.95. The lowest BCUT2D eigenvalue weighted by Crippen LogP contribution is -2.59. The number of benzene rings is 3. The van der Waals surface area contributed by atoms with E-state index in [4.69, 9.17) is 14.6 Å². The summed E-state index contributed by atoms with van der Waals surface area (Å²) in [5, 5.41) is 18.3. The molecule has 9 heteroatoms. The predicted molar refractivity (Wildman–Crippen MR) is 143 cm³/mol. The Morgan fingerprint density at radius 2 is 1.79 bits per heavy atom. The number of rotatable bonds is 8. The van der Waals surface area contributed by atoms with E-state index < -0.39 is 12.0 Å². The molecule has 1 atom stereocenters. The van der Waals surface area contributed by atoms with Gasteiger partial charge in [-0.15, -0.1) is 0 Å². The van der Waals surface area contributed by atoms with Gasteiger partial charge in [-0.3, -0.25) is 4.79 Å². The first-order chi connectivity index (χ1) is 18.5. The van der Waals surface area contributed by atoms with Crippen LogP contribution < -0.4 is 24.2 Å². The third-order valence-electron chi connectivity index (χ3n) is 6.27. The number of amides is 1. The molecule has 8 nitrogen and oxygen atoms in total. The lowest BCUT2D eigenvalue weighted by Gasteiger charge is -2.33. The summed E-state index contributed by atoms with van der Waals surface area (Å²) in [6, 6.07) is 22.9. The van der Waals surface area contributed by atoms with Crippen molar-refractivity contribution in [3.63, 3.8) is 0 Å². The molecule has 0 saturated heterocycles. The van der Waals surface area contributed by atoms with E-state index in [9.17, 15) is 9.90 Å². The third kappa shape index (κ3) is 4.77. The molecular weight excluding hydrogens is 500 g/mol. The molecule has 1 aromatic heterocycles. The monoisotopic (exact) mass is 528 g/mol. The lowest BCUT2D eigenvalue weighted by molar-refractivity contribution is -0.764. The van der Waals surface area contributed by atoms with Crippen molar-refractivity contribution in [2.75, 3.05) is 17.8 Å². The third-order valence-corrected chi connectivity index (χ3v) is 6.81. The van der Waals surface area contributed by atoms with Gasteiger partial charge in [0.05, 0.1) is 23.7 Å². The molecule has 0 fully saturated rings. The summed E-state index contributed by atoms with van der Waals surface area (Å²) in [5.74, 6) is 0.650. The van der Waals surface area contributed by atoms with Crippen LogP contribution in [0.3, 0.4) is 0 Å². The molecule has 1 aliphatic heterocycles. The molecule has 1 amide bonds. The van der Waals surface area contributed by atoms with E-state index in [0.29, 0.717) is 46.8 Å². The van der Waals surface area contributed by atoms with Gasteiger partial charge in [0.25, 0.3) is 17.0 Å². The van der Waals surface area contributed by atoms with E-state index >= 15 is 0 Å². The minimum absolute atomic E-state index is 0.0975. The summed E-state index contributed by atoms with van der Waals surface area (Å²) in [6.07, 6.45) is 1.38. The molecule has 38 heavy (non-hydrogen) atoms. The molecule has 5 rings (SSSR count).